The molecule has 1 N–H and O–H groups in total. The van der Waals surface area contributed by atoms with Crippen molar-refractivity contribution in [3.8, 4) is 17.2 Å². The molecule has 1 atom stereocenters. The van der Waals surface area contributed by atoms with Crippen LogP contribution in [0.15, 0.2) is 54.9 Å². The summed E-state index contributed by atoms with van der Waals surface area (Å²) in [5, 5.41) is 11.9. The van der Waals surface area contributed by atoms with Crippen molar-refractivity contribution in [1.82, 2.24) is 14.5 Å². The van der Waals surface area contributed by atoms with Crippen molar-refractivity contribution >= 4 is 11.6 Å². The first-order valence-electron chi connectivity index (χ1n) is 12.7. The van der Waals surface area contributed by atoms with Crippen LogP contribution in [-0.4, -0.2) is 71.8 Å². The van der Waals surface area contributed by atoms with Crippen molar-refractivity contribution in [1.29, 1.82) is 0 Å². The van der Waals surface area contributed by atoms with Crippen LogP contribution in [0.4, 0.5) is 0 Å². The lowest BCUT2D eigenvalue weighted by Crippen LogP contribution is -2.48. The number of imidazole rings is 1. The Morgan fingerprint density at radius 2 is 1.97 bits per heavy atom. The third kappa shape index (κ3) is 7.85. The van der Waals surface area contributed by atoms with Gasteiger partial charge in [-0.3, -0.25) is 4.90 Å². The summed E-state index contributed by atoms with van der Waals surface area (Å²) in [4.78, 5) is 6.53. The number of hydrogen-bond donors (Lipinski definition) is 1. The van der Waals surface area contributed by atoms with Gasteiger partial charge in [0.2, 0.25) is 0 Å². The first-order valence-corrected chi connectivity index (χ1v) is 13.1. The SMILES string of the molecule is CCc1nccn1CCCOc1ccc(CN2CCOCC(O)(COc3ccc(Cl)cc3)C2)cc1OC. The normalized spacial score (nSPS) is 18.4. The van der Waals surface area contributed by atoms with Crippen LogP contribution in [0.25, 0.3) is 0 Å². The van der Waals surface area contributed by atoms with Gasteiger partial charge < -0.3 is 28.6 Å². The zero-order valence-corrected chi connectivity index (χ0v) is 22.3. The molecule has 1 aromatic heterocycles. The molecule has 2 heterocycles. The van der Waals surface area contributed by atoms with Crippen molar-refractivity contribution in [2.75, 3.05) is 46.6 Å². The Morgan fingerprint density at radius 1 is 1.14 bits per heavy atom. The summed E-state index contributed by atoms with van der Waals surface area (Å²) in [5.74, 6) is 3.16. The van der Waals surface area contributed by atoms with E-state index in [1.165, 1.54) is 0 Å². The number of hydrogen-bond acceptors (Lipinski definition) is 7. The first-order chi connectivity index (χ1) is 18.0. The maximum atomic E-state index is 11.2. The molecule has 0 aliphatic carbocycles. The minimum Gasteiger partial charge on any atom is -0.493 e. The molecule has 0 spiro atoms. The summed E-state index contributed by atoms with van der Waals surface area (Å²) in [6, 6.07) is 13.1. The van der Waals surface area contributed by atoms with E-state index in [2.05, 4.69) is 21.4 Å². The van der Waals surface area contributed by atoms with Gasteiger partial charge in [-0.25, -0.2) is 4.98 Å². The highest BCUT2D eigenvalue weighted by atomic mass is 35.5. The van der Waals surface area contributed by atoms with Gasteiger partial charge in [0.1, 0.15) is 23.8 Å². The number of methoxy groups -OCH3 is 1. The molecule has 1 unspecified atom stereocenters. The first kappa shape index (κ1) is 27.3. The fourth-order valence-corrected chi connectivity index (χ4v) is 4.56. The predicted octanol–water partition coefficient (Wildman–Crippen LogP) is 4.22. The highest BCUT2D eigenvalue weighted by Crippen LogP contribution is 2.29. The Labute approximate surface area is 223 Å². The molecule has 0 saturated carbocycles. The number of aryl methyl sites for hydroxylation is 2. The zero-order valence-electron chi connectivity index (χ0n) is 21.6. The zero-order chi connectivity index (χ0) is 26.1. The van der Waals surface area contributed by atoms with E-state index in [-0.39, 0.29) is 13.2 Å². The molecule has 0 radical (unpaired) electrons. The average molecular weight is 530 g/mol. The Bertz CT molecular complexity index is 1120. The molecule has 2 aromatic carbocycles. The van der Waals surface area contributed by atoms with Crippen molar-refractivity contribution in [2.24, 2.45) is 0 Å². The van der Waals surface area contributed by atoms with E-state index in [4.69, 9.17) is 30.5 Å². The number of β-amino-alcohol motifs (C(OH)–C–C–N with tert-alkyl or cyclic N) is 1. The number of halogens is 1. The molecule has 200 valence electrons. The van der Waals surface area contributed by atoms with Crippen LogP contribution in [0.3, 0.4) is 0 Å². The third-order valence-electron chi connectivity index (χ3n) is 6.31. The van der Waals surface area contributed by atoms with Crippen LogP contribution < -0.4 is 14.2 Å². The van der Waals surface area contributed by atoms with Crippen LogP contribution in [0.2, 0.25) is 5.02 Å². The van der Waals surface area contributed by atoms with E-state index in [9.17, 15) is 5.11 Å². The number of aromatic nitrogens is 2. The van der Waals surface area contributed by atoms with Gasteiger partial charge in [0.05, 0.1) is 26.9 Å². The molecule has 4 rings (SSSR count). The number of aliphatic hydroxyl groups is 1. The molecule has 37 heavy (non-hydrogen) atoms. The Kier molecular flexibility index (Phi) is 9.68. The van der Waals surface area contributed by atoms with Gasteiger partial charge in [-0.2, -0.15) is 0 Å². The standard InChI is InChI=1S/C28H36ClN3O5/c1-3-27-30-11-13-32(27)12-4-15-36-25-10-5-22(17-26(25)34-2)18-31-14-16-35-20-28(33,19-31)21-37-24-8-6-23(29)7-9-24/h5-11,13,17,33H,3-4,12,14-16,18-21H2,1-2H3. The van der Waals surface area contributed by atoms with Gasteiger partial charge >= 0.3 is 0 Å². The van der Waals surface area contributed by atoms with Crippen molar-refractivity contribution < 1.29 is 24.1 Å². The summed E-state index contributed by atoms with van der Waals surface area (Å²) in [5.41, 5.74) is -0.0612. The minimum absolute atomic E-state index is 0.125. The molecule has 9 heteroatoms. The van der Waals surface area contributed by atoms with Gasteiger partial charge in [-0.05, 0) is 48.4 Å². The highest BCUT2D eigenvalue weighted by molar-refractivity contribution is 6.30. The van der Waals surface area contributed by atoms with Gasteiger partial charge in [0.25, 0.3) is 0 Å². The summed E-state index contributed by atoms with van der Waals surface area (Å²) in [6.07, 6.45) is 5.64. The van der Waals surface area contributed by atoms with E-state index in [0.717, 1.165) is 36.5 Å². The topological polar surface area (TPSA) is 78.2 Å². The van der Waals surface area contributed by atoms with Gasteiger partial charge in [0, 0.05) is 50.0 Å². The largest absolute Gasteiger partial charge is 0.493 e. The molecule has 0 amide bonds. The van der Waals surface area contributed by atoms with Gasteiger partial charge in [-0.1, -0.05) is 24.6 Å². The van der Waals surface area contributed by atoms with Crippen molar-refractivity contribution in [3.63, 3.8) is 0 Å². The number of ether oxygens (including phenoxy) is 4. The molecular weight excluding hydrogens is 494 g/mol. The van der Waals surface area contributed by atoms with E-state index in [1.54, 1.807) is 31.4 Å². The monoisotopic (exact) mass is 529 g/mol. The Hall–Kier alpha value is -2.78. The van der Waals surface area contributed by atoms with Crippen LogP contribution in [0.1, 0.15) is 24.7 Å². The second-order valence-corrected chi connectivity index (χ2v) is 9.74. The molecule has 1 saturated heterocycles. The van der Waals surface area contributed by atoms with E-state index in [0.29, 0.717) is 49.4 Å². The molecule has 1 aliphatic rings. The van der Waals surface area contributed by atoms with Crippen molar-refractivity contribution in [2.45, 2.75) is 38.5 Å². The van der Waals surface area contributed by atoms with Gasteiger partial charge in [-0.15, -0.1) is 0 Å². The summed E-state index contributed by atoms with van der Waals surface area (Å²) in [7, 11) is 1.65. The fraction of sp³-hybridized carbons (Fsp3) is 0.464. The Morgan fingerprint density at radius 3 is 2.76 bits per heavy atom. The van der Waals surface area contributed by atoms with Crippen LogP contribution in [0, 0.1) is 0 Å². The number of rotatable bonds is 12. The third-order valence-corrected chi connectivity index (χ3v) is 6.57. The van der Waals surface area contributed by atoms with E-state index in [1.807, 2.05) is 30.6 Å². The fourth-order valence-electron chi connectivity index (χ4n) is 4.43. The quantitative estimate of drug-likeness (QED) is 0.352. The maximum Gasteiger partial charge on any atom is 0.161 e. The summed E-state index contributed by atoms with van der Waals surface area (Å²) < 4.78 is 25.3. The maximum absolute atomic E-state index is 11.2. The van der Waals surface area contributed by atoms with E-state index < -0.39 is 5.60 Å². The Balaban J connectivity index is 1.31. The molecule has 0 bridgehead atoms. The average Bonchev–Trinajstić information content (AvgIpc) is 3.28. The molecule has 8 nitrogen and oxygen atoms in total. The van der Waals surface area contributed by atoms with Crippen molar-refractivity contribution in [3.05, 3.63) is 71.3 Å². The second-order valence-electron chi connectivity index (χ2n) is 9.31. The second kappa shape index (κ2) is 13.1. The molecule has 3 aromatic rings. The molecular formula is C28H36ClN3O5. The lowest BCUT2D eigenvalue weighted by molar-refractivity contribution is -0.0646. The highest BCUT2D eigenvalue weighted by Gasteiger charge is 2.33. The predicted molar refractivity (Wildman–Crippen MR) is 143 cm³/mol. The van der Waals surface area contributed by atoms with Crippen LogP contribution in [0.5, 0.6) is 17.2 Å². The smallest absolute Gasteiger partial charge is 0.161 e. The lowest BCUT2D eigenvalue weighted by atomic mass is 10.1. The van der Waals surface area contributed by atoms with Crippen LogP contribution in [-0.2, 0) is 24.2 Å². The lowest BCUT2D eigenvalue weighted by Gasteiger charge is -2.30. The van der Waals surface area contributed by atoms with E-state index >= 15 is 0 Å². The van der Waals surface area contributed by atoms with Crippen LogP contribution >= 0.6 is 11.6 Å². The minimum atomic E-state index is -1.13. The summed E-state index contributed by atoms with van der Waals surface area (Å²) in [6.45, 7) is 6.21. The van der Waals surface area contributed by atoms with Gasteiger partial charge in [0.15, 0.2) is 11.5 Å². The number of nitrogens with zero attached hydrogens (tertiary/aromatic N) is 3. The summed E-state index contributed by atoms with van der Waals surface area (Å²) >= 11 is 5.95. The molecule has 1 fully saturated rings. The molecule has 1 aliphatic heterocycles. The number of benzene rings is 2.